The topological polar surface area (TPSA) is 96.2 Å². The van der Waals surface area contributed by atoms with Gasteiger partial charge in [-0.1, -0.05) is 0 Å². The van der Waals surface area contributed by atoms with Crippen LogP contribution in [0.5, 0.6) is 0 Å². The van der Waals surface area contributed by atoms with Gasteiger partial charge in [0, 0.05) is 45.8 Å². The number of fused-ring (bicyclic) bond motifs is 1. The van der Waals surface area contributed by atoms with Gasteiger partial charge in [0.25, 0.3) is 11.5 Å². The second-order valence-electron chi connectivity index (χ2n) is 6.75. The first-order chi connectivity index (χ1) is 13.4. The van der Waals surface area contributed by atoms with E-state index < -0.39 is 11.2 Å². The van der Waals surface area contributed by atoms with Crippen molar-refractivity contribution in [1.82, 2.24) is 24.0 Å². The largest absolute Gasteiger partial charge is 0.339 e. The predicted molar refractivity (Wildman–Crippen MR) is 101 cm³/mol. The third-order valence-electron chi connectivity index (χ3n) is 5.04. The van der Waals surface area contributed by atoms with Gasteiger partial charge in [0.2, 0.25) is 5.95 Å². The Morgan fingerprint density at radius 3 is 2.32 bits per heavy atom. The minimum atomic E-state index is -0.440. The number of aryl methyl sites for hydroxylation is 1. The number of halogens is 1. The van der Waals surface area contributed by atoms with Crippen molar-refractivity contribution in [2.45, 2.75) is 0 Å². The summed E-state index contributed by atoms with van der Waals surface area (Å²) in [5.74, 6) is -0.0468. The quantitative estimate of drug-likeness (QED) is 0.672. The molecule has 10 heteroatoms. The molecular formula is C18H19FN6O3. The van der Waals surface area contributed by atoms with Gasteiger partial charge in [0.15, 0.2) is 11.2 Å². The summed E-state index contributed by atoms with van der Waals surface area (Å²) in [6.45, 7) is 1.95. The molecule has 1 saturated heterocycles. The van der Waals surface area contributed by atoms with Crippen molar-refractivity contribution >= 4 is 23.0 Å². The number of carbonyl (C=O) groups is 1. The van der Waals surface area contributed by atoms with Crippen molar-refractivity contribution in [3.05, 3.63) is 56.5 Å². The highest BCUT2D eigenvalue weighted by Crippen LogP contribution is 2.17. The monoisotopic (exact) mass is 386 g/mol. The summed E-state index contributed by atoms with van der Waals surface area (Å²) in [6, 6.07) is 5.48. The van der Waals surface area contributed by atoms with Gasteiger partial charge in [-0.05, 0) is 24.3 Å². The SMILES string of the molecule is Cn1c(=O)c2[nH]c(N3CCN(C(=O)c4ccc(F)cc4)CC3)nc2n(C)c1=O. The molecule has 3 aromatic rings. The smallest absolute Gasteiger partial charge is 0.332 e. The molecule has 0 radical (unpaired) electrons. The van der Waals surface area contributed by atoms with Crippen LogP contribution in [-0.4, -0.2) is 56.1 Å². The van der Waals surface area contributed by atoms with Gasteiger partial charge in [0.05, 0.1) is 0 Å². The molecule has 1 amide bonds. The molecule has 2 aromatic heterocycles. The molecule has 0 aliphatic carbocycles. The highest BCUT2D eigenvalue weighted by molar-refractivity contribution is 5.94. The summed E-state index contributed by atoms with van der Waals surface area (Å²) in [4.78, 5) is 47.9. The molecule has 146 valence electrons. The summed E-state index contributed by atoms with van der Waals surface area (Å²) in [5, 5.41) is 0. The van der Waals surface area contributed by atoms with E-state index in [1.807, 2.05) is 4.90 Å². The van der Waals surface area contributed by atoms with Crippen molar-refractivity contribution in [3.63, 3.8) is 0 Å². The van der Waals surface area contributed by atoms with Gasteiger partial charge in [-0.25, -0.2) is 9.18 Å². The molecule has 9 nitrogen and oxygen atoms in total. The first-order valence-electron chi connectivity index (χ1n) is 8.82. The van der Waals surface area contributed by atoms with Crippen LogP contribution >= 0.6 is 0 Å². The van der Waals surface area contributed by atoms with Crippen LogP contribution in [0.4, 0.5) is 10.3 Å². The third-order valence-corrected chi connectivity index (χ3v) is 5.04. The Morgan fingerprint density at radius 1 is 1.04 bits per heavy atom. The van der Waals surface area contributed by atoms with Crippen LogP contribution < -0.4 is 16.1 Å². The minimum absolute atomic E-state index is 0.152. The normalized spacial score (nSPS) is 14.7. The maximum atomic E-state index is 13.0. The molecule has 1 N–H and O–H groups in total. The zero-order valence-corrected chi connectivity index (χ0v) is 15.5. The Kier molecular flexibility index (Phi) is 4.25. The summed E-state index contributed by atoms with van der Waals surface area (Å²) >= 11 is 0. The number of anilines is 1. The molecule has 0 bridgehead atoms. The molecular weight excluding hydrogens is 367 g/mol. The lowest BCUT2D eigenvalue weighted by molar-refractivity contribution is 0.0746. The second kappa shape index (κ2) is 6.63. The first-order valence-corrected chi connectivity index (χ1v) is 8.82. The second-order valence-corrected chi connectivity index (χ2v) is 6.75. The van der Waals surface area contributed by atoms with Crippen LogP contribution in [0.2, 0.25) is 0 Å². The molecule has 0 atom stereocenters. The average molecular weight is 386 g/mol. The Morgan fingerprint density at radius 2 is 1.68 bits per heavy atom. The fourth-order valence-electron chi connectivity index (χ4n) is 3.36. The fourth-order valence-corrected chi connectivity index (χ4v) is 3.36. The Balaban J connectivity index is 1.54. The average Bonchev–Trinajstić information content (AvgIpc) is 3.16. The van der Waals surface area contributed by atoms with E-state index in [4.69, 9.17) is 0 Å². The maximum Gasteiger partial charge on any atom is 0.332 e. The van der Waals surface area contributed by atoms with Crippen LogP contribution in [0, 0.1) is 5.82 Å². The molecule has 0 spiro atoms. The summed E-state index contributed by atoms with van der Waals surface area (Å²) in [7, 11) is 2.98. The molecule has 1 aliphatic heterocycles. The third kappa shape index (κ3) is 2.86. The number of imidazole rings is 1. The fraction of sp³-hybridized carbons (Fsp3) is 0.333. The number of benzene rings is 1. The molecule has 1 fully saturated rings. The van der Waals surface area contributed by atoms with Gasteiger partial charge in [-0.3, -0.25) is 18.7 Å². The zero-order valence-electron chi connectivity index (χ0n) is 15.5. The lowest BCUT2D eigenvalue weighted by Gasteiger charge is -2.34. The van der Waals surface area contributed by atoms with E-state index in [1.165, 1.54) is 35.9 Å². The molecule has 1 aliphatic rings. The van der Waals surface area contributed by atoms with Crippen LogP contribution in [0.3, 0.4) is 0 Å². The van der Waals surface area contributed by atoms with E-state index in [0.29, 0.717) is 43.3 Å². The Labute approximate surface area is 158 Å². The summed E-state index contributed by atoms with van der Waals surface area (Å²) in [6.07, 6.45) is 0. The number of nitrogens with one attached hydrogen (secondary N) is 1. The van der Waals surface area contributed by atoms with Gasteiger partial charge < -0.3 is 14.8 Å². The number of piperazine rings is 1. The number of aromatic amines is 1. The molecule has 1 aromatic carbocycles. The minimum Gasteiger partial charge on any atom is -0.339 e. The predicted octanol–water partition coefficient (Wildman–Crippen LogP) is 0.0618. The number of hydrogen-bond acceptors (Lipinski definition) is 5. The number of nitrogens with zero attached hydrogens (tertiary/aromatic N) is 5. The summed E-state index contributed by atoms with van der Waals surface area (Å²) < 4.78 is 15.4. The van der Waals surface area contributed by atoms with E-state index >= 15 is 0 Å². The molecule has 0 unspecified atom stereocenters. The number of H-pyrrole nitrogens is 1. The Bertz CT molecular complexity index is 1170. The lowest BCUT2D eigenvalue weighted by atomic mass is 10.2. The Hall–Kier alpha value is -3.43. The molecule has 4 rings (SSSR count). The van der Waals surface area contributed by atoms with Crippen molar-refractivity contribution < 1.29 is 9.18 Å². The van der Waals surface area contributed by atoms with Crippen molar-refractivity contribution in [1.29, 1.82) is 0 Å². The molecule has 28 heavy (non-hydrogen) atoms. The molecule has 3 heterocycles. The number of hydrogen-bond donors (Lipinski definition) is 1. The van der Waals surface area contributed by atoms with E-state index in [-0.39, 0.29) is 17.2 Å². The van der Waals surface area contributed by atoms with E-state index in [1.54, 1.807) is 11.9 Å². The van der Waals surface area contributed by atoms with Crippen molar-refractivity contribution in [3.8, 4) is 0 Å². The van der Waals surface area contributed by atoms with Gasteiger partial charge >= 0.3 is 5.69 Å². The van der Waals surface area contributed by atoms with Crippen LogP contribution in [-0.2, 0) is 14.1 Å². The highest BCUT2D eigenvalue weighted by Gasteiger charge is 2.25. The number of carbonyl (C=O) groups excluding carboxylic acids is 1. The van der Waals surface area contributed by atoms with Crippen LogP contribution in [0.25, 0.3) is 11.2 Å². The van der Waals surface area contributed by atoms with E-state index in [0.717, 1.165) is 4.57 Å². The van der Waals surface area contributed by atoms with Crippen molar-refractivity contribution in [2.24, 2.45) is 14.1 Å². The number of aromatic nitrogens is 4. The van der Waals surface area contributed by atoms with Crippen molar-refractivity contribution in [2.75, 3.05) is 31.1 Å². The standard InChI is InChI=1S/C18H19FN6O3/c1-22-14-13(16(27)23(2)18(22)28)20-17(21-14)25-9-7-24(8-10-25)15(26)11-3-5-12(19)6-4-11/h3-6H,7-10H2,1-2H3,(H,20,21). The summed E-state index contributed by atoms with van der Waals surface area (Å²) in [5.41, 5.74) is 0.140. The van der Waals surface area contributed by atoms with E-state index in [2.05, 4.69) is 9.97 Å². The maximum absolute atomic E-state index is 13.0. The van der Waals surface area contributed by atoms with Crippen LogP contribution in [0.15, 0.2) is 33.9 Å². The highest BCUT2D eigenvalue weighted by atomic mass is 19.1. The lowest BCUT2D eigenvalue weighted by Crippen LogP contribution is -2.49. The van der Waals surface area contributed by atoms with Crippen LogP contribution in [0.1, 0.15) is 10.4 Å². The number of amides is 1. The first kappa shape index (κ1) is 18.0. The number of rotatable bonds is 2. The van der Waals surface area contributed by atoms with Gasteiger partial charge in [0.1, 0.15) is 5.82 Å². The van der Waals surface area contributed by atoms with Gasteiger partial charge in [-0.15, -0.1) is 0 Å². The van der Waals surface area contributed by atoms with Gasteiger partial charge in [-0.2, -0.15) is 4.98 Å². The van der Waals surface area contributed by atoms with E-state index in [9.17, 15) is 18.8 Å². The molecule has 0 saturated carbocycles. The zero-order chi connectivity index (χ0) is 20.0.